The molecule has 22 heavy (non-hydrogen) atoms. The fraction of sp³-hybridized carbons (Fsp3) is 0.833. The molecule has 1 rings (SSSR count). The van der Waals surface area contributed by atoms with Crippen LogP contribution in [-0.2, 0) is 19.2 Å². The molecule has 128 valence electrons. The molecule has 0 bridgehead atoms. The molecule has 0 aliphatic carbocycles. The molecule has 0 aromatic carbocycles. The van der Waals surface area contributed by atoms with E-state index in [2.05, 4.69) is 10.2 Å². The van der Waals surface area contributed by atoms with Crippen molar-refractivity contribution in [1.29, 1.82) is 0 Å². The number of alkyl halides is 3. The molecule has 1 amide bonds. The lowest BCUT2D eigenvalue weighted by Gasteiger charge is -2.17. The standard InChI is InChI=1S/C12H20F3N3O4/c1-17(2)5-6-21-8-10(19)16-9-3-4-18(7-9)22-11(20)12(13,14)15/h9H,3-8H2,1-2H3,(H,16,19). The fourth-order valence-corrected chi connectivity index (χ4v) is 1.78. The van der Waals surface area contributed by atoms with Crippen LogP contribution in [0.15, 0.2) is 0 Å². The van der Waals surface area contributed by atoms with Crippen molar-refractivity contribution in [2.24, 2.45) is 0 Å². The zero-order valence-corrected chi connectivity index (χ0v) is 12.5. The summed E-state index contributed by atoms with van der Waals surface area (Å²) in [7, 11) is 3.75. The van der Waals surface area contributed by atoms with Crippen molar-refractivity contribution >= 4 is 11.9 Å². The van der Waals surface area contributed by atoms with E-state index in [-0.39, 0.29) is 31.6 Å². The first-order valence-corrected chi connectivity index (χ1v) is 6.74. The zero-order chi connectivity index (χ0) is 16.8. The minimum absolute atomic E-state index is 0.0191. The molecule has 0 aromatic rings. The van der Waals surface area contributed by atoms with Crippen LogP contribution < -0.4 is 5.32 Å². The lowest BCUT2D eigenvalue weighted by molar-refractivity contribution is -0.235. The van der Waals surface area contributed by atoms with E-state index in [1.807, 2.05) is 19.0 Å². The maximum atomic E-state index is 12.0. The number of likely N-dealkylation sites (N-methyl/N-ethyl adjacent to an activating group) is 1. The number of hydrogen-bond donors (Lipinski definition) is 1. The molecule has 1 unspecified atom stereocenters. The van der Waals surface area contributed by atoms with Gasteiger partial charge in [-0.2, -0.15) is 13.2 Å². The number of nitrogens with zero attached hydrogens (tertiary/aromatic N) is 2. The highest BCUT2D eigenvalue weighted by Gasteiger charge is 2.43. The van der Waals surface area contributed by atoms with E-state index in [0.717, 1.165) is 5.06 Å². The number of carbonyl (C=O) groups excluding carboxylic acids is 2. The molecule has 1 N–H and O–H groups in total. The van der Waals surface area contributed by atoms with E-state index in [1.165, 1.54) is 0 Å². The van der Waals surface area contributed by atoms with Crippen LogP contribution in [-0.4, -0.2) is 81.0 Å². The van der Waals surface area contributed by atoms with Crippen LogP contribution in [0.4, 0.5) is 13.2 Å². The molecule has 0 spiro atoms. The number of halogens is 3. The fourth-order valence-electron chi connectivity index (χ4n) is 1.78. The van der Waals surface area contributed by atoms with Crippen molar-refractivity contribution in [1.82, 2.24) is 15.3 Å². The van der Waals surface area contributed by atoms with E-state index in [4.69, 9.17) is 4.74 Å². The van der Waals surface area contributed by atoms with Gasteiger partial charge in [-0.25, -0.2) is 4.79 Å². The topological polar surface area (TPSA) is 71.1 Å². The first-order valence-electron chi connectivity index (χ1n) is 6.74. The summed E-state index contributed by atoms with van der Waals surface area (Å²) in [6.07, 6.45) is -4.63. The molecule has 1 aliphatic heterocycles. The maximum Gasteiger partial charge on any atom is 0.492 e. The Morgan fingerprint density at radius 2 is 2.05 bits per heavy atom. The number of rotatable bonds is 7. The van der Waals surface area contributed by atoms with Crippen molar-refractivity contribution < 1.29 is 32.3 Å². The molecule has 1 saturated heterocycles. The molecule has 0 aromatic heterocycles. The largest absolute Gasteiger partial charge is 0.492 e. The average molecular weight is 327 g/mol. The molecule has 0 saturated carbocycles. The lowest BCUT2D eigenvalue weighted by atomic mass is 10.2. The normalized spacial score (nSPS) is 19.5. The third kappa shape index (κ3) is 7.05. The lowest BCUT2D eigenvalue weighted by Crippen LogP contribution is -2.40. The van der Waals surface area contributed by atoms with Crippen molar-refractivity contribution in [3.05, 3.63) is 0 Å². The summed E-state index contributed by atoms with van der Waals surface area (Å²) in [6, 6.07) is -0.369. The number of hydrogen-bond acceptors (Lipinski definition) is 6. The second-order valence-electron chi connectivity index (χ2n) is 5.17. The predicted molar refractivity (Wildman–Crippen MR) is 69.6 cm³/mol. The summed E-state index contributed by atoms with van der Waals surface area (Å²) in [5.74, 6) is -2.61. The Morgan fingerprint density at radius 1 is 1.36 bits per heavy atom. The number of hydroxylamine groups is 2. The van der Waals surface area contributed by atoms with Crippen LogP contribution in [0.5, 0.6) is 0 Å². The van der Waals surface area contributed by atoms with E-state index in [1.54, 1.807) is 0 Å². The van der Waals surface area contributed by atoms with E-state index in [0.29, 0.717) is 19.6 Å². The highest BCUT2D eigenvalue weighted by molar-refractivity contribution is 5.77. The minimum atomic E-state index is -5.03. The molecule has 7 nitrogen and oxygen atoms in total. The Kier molecular flexibility index (Phi) is 7.04. The number of nitrogens with one attached hydrogen (secondary N) is 1. The van der Waals surface area contributed by atoms with Crippen molar-refractivity contribution in [2.75, 3.05) is 46.9 Å². The van der Waals surface area contributed by atoms with Gasteiger partial charge in [-0.1, -0.05) is 0 Å². The van der Waals surface area contributed by atoms with E-state index < -0.39 is 12.1 Å². The quantitative estimate of drug-likeness (QED) is 0.652. The average Bonchev–Trinajstić information content (AvgIpc) is 2.80. The van der Waals surface area contributed by atoms with Gasteiger partial charge in [0.15, 0.2) is 0 Å². The van der Waals surface area contributed by atoms with Gasteiger partial charge in [0.1, 0.15) is 6.61 Å². The van der Waals surface area contributed by atoms with Crippen molar-refractivity contribution in [3.8, 4) is 0 Å². The van der Waals surface area contributed by atoms with Gasteiger partial charge in [0.2, 0.25) is 5.91 Å². The monoisotopic (exact) mass is 327 g/mol. The van der Waals surface area contributed by atoms with E-state index in [9.17, 15) is 22.8 Å². The summed E-state index contributed by atoms with van der Waals surface area (Å²) < 4.78 is 41.3. The maximum absolute atomic E-state index is 12.0. The Hall–Kier alpha value is -1.39. The highest BCUT2D eigenvalue weighted by Crippen LogP contribution is 2.19. The summed E-state index contributed by atoms with van der Waals surface area (Å²) in [6.45, 7) is 1.12. The second-order valence-corrected chi connectivity index (χ2v) is 5.17. The Balaban J connectivity index is 2.21. The zero-order valence-electron chi connectivity index (χ0n) is 12.5. The second kappa shape index (κ2) is 8.30. The van der Waals surface area contributed by atoms with Crippen LogP contribution in [0, 0.1) is 0 Å². The van der Waals surface area contributed by atoms with Crippen LogP contribution in [0.1, 0.15) is 6.42 Å². The Bertz CT molecular complexity index is 390. The van der Waals surface area contributed by atoms with Gasteiger partial charge < -0.3 is 19.8 Å². The third-order valence-corrected chi connectivity index (χ3v) is 2.88. The molecule has 10 heteroatoms. The van der Waals surface area contributed by atoms with Gasteiger partial charge in [-0.15, -0.1) is 5.06 Å². The number of carbonyl (C=O) groups is 2. The molecule has 1 heterocycles. The third-order valence-electron chi connectivity index (χ3n) is 2.88. The molecule has 0 radical (unpaired) electrons. The first-order chi connectivity index (χ1) is 10.2. The molecular weight excluding hydrogens is 307 g/mol. The van der Waals surface area contributed by atoms with Crippen LogP contribution in [0.3, 0.4) is 0 Å². The van der Waals surface area contributed by atoms with Gasteiger partial charge >= 0.3 is 12.1 Å². The summed E-state index contributed by atoms with van der Waals surface area (Å²) >= 11 is 0. The van der Waals surface area contributed by atoms with Gasteiger partial charge in [0.25, 0.3) is 0 Å². The van der Waals surface area contributed by atoms with Crippen LogP contribution >= 0.6 is 0 Å². The molecule has 1 fully saturated rings. The summed E-state index contributed by atoms with van der Waals surface area (Å²) in [4.78, 5) is 28.4. The Morgan fingerprint density at radius 3 is 2.64 bits per heavy atom. The summed E-state index contributed by atoms with van der Waals surface area (Å²) in [5, 5.41) is 3.51. The predicted octanol–water partition coefficient (Wildman–Crippen LogP) is -0.224. The molecule has 1 atom stereocenters. The molecular formula is C12H20F3N3O4. The van der Waals surface area contributed by atoms with Gasteiger partial charge in [-0.3, -0.25) is 4.79 Å². The molecule has 1 aliphatic rings. The van der Waals surface area contributed by atoms with Gasteiger partial charge in [0, 0.05) is 19.1 Å². The number of ether oxygens (including phenoxy) is 1. The number of amides is 1. The van der Waals surface area contributed by atoms with Crippen molar-refractivity contribution in [2.45, 2.75) is 18.6 Å². The smallest absolute Gasteiger partial charge is 0.370 e. The first kappa shape index (κ1) is 18.7. The van der Waals surface area contributed by atoms with Gasteiger partial charge in [-0.05, 0) is 20.5 Å². The highest BCUT2D eigenvalue weighted by atomic mass is 19.4. The van der Waals surface area contributed by atoms with Crippen molar-refractivity contribution in [3.63, 3.8) is 0 Å². The Labute approximate surface area is 126 Å². The van der Waals surface area contributed by atoms with Crippen LogP contribution in [0.2, 0.25) is 0 Å². The van der Waals surface area contributed by atoms with Crippen LogP contribution in [0.25, 0.3) is 0 Å². The summed E-state index contributed by atoms with van der Waals surface area (Å²) in [5.41, 5.74) is 0. The minimum Gasteiger partial charge on any atom is -0.370 e. The van der Waals surface area contributed by atoms with E-state index >= 15 is 0 Å². The van der Waals surface area contributed by atoms with Gasteiger partial charge in [0.05, 0.1) is 13.2 Å². The SMILES string of the molecule is CN(C)CCOCC(=O)NC1CCN(OC(=O)C(F)(F)F)C1.